The Labute approximate surface area is 134 Å². The van der Waals surface area contributed by atoms with Gasteiger partial charge in [0, 0.05) is 17.8 Å². The Kier molecular flexibility index (Phi) is 4.19. The van der Waals surface area contributed by atoms with Crippen molar-refractivity contribution in [3.8, 4) is 5.75 Å². The average Bonchev–Trinajstić information content (AvgIpc) is 2.99. The quantitative estimate of drug-likeness (QED) is 0.861. The van der Waals surface area contributed by atoms with E-state index in [2.05, 4.69) is 0 Å². The van der Waals surface area contributed by atoms with E-state index in [0.717, 1.165) is 17.9 Å². The summed E-state index contributed by atoms with van der Waals surface area (Å²) in [5.41, 5.74) is 1.85. The highest BCUT2D eigenvalue weighted by atomic mass is 16.5. The molecule has 2 aromatic rings. The molecule has 23 heavy (non-hydrogen) atoms. The summed E-state index contributed by atoms with van der Waals surface area (Å²) in [6.07, 6.45) is 1.39. The largest absolute Gasteiger partial charge is 0.494 e. The van der Waals surface area contributed by atoms with Gasteiger partial charge in [0.25, 0.3) is 0 Å². The van der Waals surface area contributed by atoms with Crippen LogP contribution in [0.3, 0.4) is 0 Å². The molecule has 0 aliphatic carbocycles. The fourth-order valence-corrected chi connectivity index (χ4v) is 3.10. The summed E-state index contributed by atoms with van der Waals surface area (Å²) >= 11 is 0. The number of carboxylic acids is 1. The second-order valence-electron chi connectivity index (χ2n) is 5.61. The number of carbonyl (C=O) groups is 2. The molecule has 1 aromatic carbocycles. The van der Waals surface area contributed by atoms with Crippen LogP contribution in [-0.4, -0.2) is 28.0 Å². The molecule has 0 bridgehead atoms. The van der Waals surface area contributed by atoms with Crippen LogP contribution in [0.15, 0.2) is 36.4 Å². The molecule has 2 heterocycles. The molecule has 0 spiro atoms. The van der Waals surface area contributed by atoms with Gasteiger partial charge in [-0.3, -0.25) is 9.59 Å². The summed E-state index contributed by atoms with van der Waals surface area (Å²) in [4.78, 5) is 24.1. The normalized spacial score (nSPS) is 16.7. The van der Waals surface area contributed by atoms with E-state index >= 15 is 0 Å². The van der Waals surface area contributed by atoms with E-state index in [0.29, 0.717) is 30.8 Å². The first-order valence-electron chi connectivity index (χ1n) is 7.81. The molecule has 0 saturated carbocycles. The van der Waals surface area contributed by atoms with Crippen molar-refractivity contribution in [2.45, 2.75) is 32.2 Å². The highest BCUT2D eigenvalue weighted by Gasteiger charge is 2.29. The topological polar surface area (TPSA) is 68.5 Å². The lowest BCUT2D eigenvalue weighted by atomic mass is 9.96. The summed E-state index contributed by atoms with van der Waals surface area (Å²) in [7, 11) is 0. The van der Waals surface area contributed by atoms with Crippen LogP contribution >= 0.6 is 0 Å². The monoisotopic (exact) mass is 313 g/mol. The summed E-state index contributed by atoms with van der Waals surface area (Å²) in [6.45, 7) is 3.17. The van der Waals surface area contributed by atoms with Gasteiger partial charge in [-0.15, -0.1) is 0 Å². The Hall–Kier alpha value is -2.56. The van der Waals surface area contributed by atoms with Crippen molar-refractivity contribution in [1.29, 1.82) is 0 Å². The van der Waals surface area contributed by atoms with Crippen LogP contribution in [0.1, 0.15) is 47.4 Å². The first kappa shape index (κ1) is 15.3. The fourth-order valence-electron chi connectivity index (χ4n) is 3.10. The first-order chi connectivity index (χ1) is 11.1. The van der Waals surface area contributed by atoms with Gasteiger partial charge in [0.1, 0.15) is 5.75 Å². The smallest absolute Gasteiger partial charge is 0.312 e. The molecule has 1 atom stereocenters. The Balaban J connectivity index is 1.90. The van der Waals surface area contributed by atoms with Crippen LogP contribution in [0.2, 0.25) is 0 Å². The van der Waals surface area contributed by atoms with Crippen molar-refractivity contribution in [2.24, 2.45) is 0 Å². The zero-order valence-electron chi connectivity index (χ0n) is 13.0. The number of nitrogens with zero attached hydrogens (tertiary/aromatic N) is 1. The van der Waals surface area contributed by atoms with Crippen molar-refractivity contribution >= 4 is 11.8 Å². The van der Waals surface area contributed by atoms with Crippen LogP contribution in [0.5, 0.6) is 5.75 Å². The van der Waals surface area contributed by atoms with E-state index in [4.69, 9.17) is 4.74 Å². The summed E-state index contributed by atoms with van der Waals surface area (Å²) < 4.78 is 7.23. The van der Waals surface area contributed by atoms with E-state index in [1.165, 1.54) is 0 Å². The molecule has 0 radical (unpaired) electrons. The number of carbonyl (C=O) groups excluding carboxylic acids is 1. The lowest BCUT2D eigenvalue weighted by Gasteiger charge is -2.23. The van der Waals surface area contributed by atoms with Crippen LogP contribution in [0.25, 0.3) is 0 Å². The Bertz CT molecular complexity index is 730. The molecule has 1 aliphatic heterocycles. The molecule has 120 valence electrons. The molecule has 3 rings (SSSR count). The van der Waals surface area contributed by atoms with E-state index in [1.54, 1.807) is 36.4 Å². The second-order valence-corrected chi connectivity index (χ2v) is 5.61. The number of ether oxygens (including phenoxy) is 1. The van der Waals surface area contributed by atoms with E-state index < -0.39 is 11.9 Å². The van der Waals surface area contributed by atoms with Gasteiger partial charge in [-0.1, -0.05) is 0 Å². The van der Waals surface area contributed by atoms with Crippen molar-refractivity contribution in [2.75, 3.05) is 6.61 Å². The number of aliphatic carboxylic acids is 1. The van der Waals surface area contributed by atoms with Gasteiger partial charge in [-0.25, -0.2) is 0 Å². The average molecular weight is 313 g/mol. The van der Waals surface area contributed by atoms with Gasteiger partial charge < -0.3 is 14.4 Å². The number of hydrogen-bond donors (Lipinski definition) is 1. The van der Waals surface area contributed by atoms with Gasteiger partial charge in [0.15, 0.2) is 0 Å². The first-order valence-corrected chi connectivity index (χ1v) is 7.81. The Morgan fingerprint density at radius 1 is 1.22 bits per heavy atom. The zero-order valence-corrected chi connectivity index (χ0v) is 13.0. The second kappa shape index (κ2) is 6.28. The molecule has 1 N–H and O–H groups in total. The molecule has 0 saturated heterocycles. The van der Waals surface area contributed by atoms with E-state index in [9.17, 15) is 14.7 Å². The number of hydrogen-bond acceptors (Lipinski definition) is 3. The zero-order chi connectivity index (χ0) is 16.4. The Morgan fingerprint density at radius 3 is 2.61 bits per heavy atom. The highest BCUT2D eigenvalue weighted by Crippen LogP contribution is 2.30. The van der Waals surface area contributed by atoms with Crippen molar-refractivity contribution in [1.82, 2.24) is 4.57 Å². The van der Waals surface area contributed by atoms with Crippen LogP contribution in [-0.2, 0) is 11.3 Å². The number of carboxylic acid groups (broad SMARTS) is 1. The summed E-state index contributed by atoms with van der Waals surface area (Å²) in [6, 6.07) is 10.5. The minimum absolute atomic E-state index is 0.0923. The predicted molar refractivity (Wildman–Crippen MR) is 85.1 cm³/mol. The van der Waals surface area contributed by atoms with Gasteiger partial charge in [-0.2, -0.15) is 0 Å². The number of benzene rings is 1. The van der Waals surface area contributed by atoms with Crippen molar-refractivity contribution < 1.29 is 19.4 Å². The SMILES string of the molecule is CCOc1ccc(C(=O)c2ccc3n2CCCC3C(=O)O)cc1. The number of ketones is 1. The number of rotatable bonds is 5. The summed E-state index contributed by atoms with van der Waals surface area (Å²) in [5, 5.41) is 9.32. The maximum Gasteiger partial charge on any atom is 0.312 e. The summed E-state index contributed by atoms with van der Waals surface area (Å²) in [5.74, 6) is -0.715. The van der Waals surface area contributed by atoms with Crippen molar-refractivity contribution in [3.05, 3.63) is 53.3 Å². The molecular weight excluding hydrogens is 294 g/mol. The molecule has 1 aromatic heterocycles. The Morgan fingerprint density at radius 2 is 1.96 bits per heavy atom. The lowest BCUT2D eigenvalue weighted by Crippen LogP contribution is -2.23. The third-order valence-electron chi connectivity index (χ3n) is 4.20. The van der Waals surface area contributed by atoms with Gasteiger partial charge in [0.2, 0.25) is 5.78 Å². The number of fused-ring (bicyclic) bond motifs is 1. The van der Waals surface area contributed by atoms with Crippen molar-refractivity contribution in [3.63, 3.8) is 0 Å². The molecule has 1 unspecified atom stereocenters. The fraction of sp³-hybridized carbons (Fsp3) is 0.333. The van der Waals surface area contributed by atoms with Crippen LogP contribution < -0.4 is 4.74 Å². The molecular formula is C18H19NO4. The lowest BCUT2D eigenvalue weighted by molar-refractivity contribution is -0.139. The van der Waals surface area contributed by atoms with E-state index in [-0.39, 0.29) is 5.78 Å². The van der Waals surface area contributed by atoms with Gasteiger partial charge in [-0.05, 0) is 56.2 Å². The molecule has 1 aliphatic rings. The molecule has 0 amide bonds. The molecule has 5 nitrogen and oxygen atoms in total. The highest BCUT2D eigenvalue weighted by molar-refractivity contribution is 6.08. The standard InChI is InChI=1S/C18H19NO4/c1-2-23-13-7-5-12(6-8-13)17(20)16-10-9-15-14(18(21)22)4-3-11-19(15)16/h5-10,14H,2-4,11H2,1H3,(H,21,22). The van der Waals surface area contributed by atoms with Crippen LogP contribution in [0.4, 0.5) is 0 Å². The predicted octanol–water partition coefficient (Wildman–Crippen LogP) is 3.08. The maximum atomic E-state index is 12.7. The minimum Gasteiger partial charge on any atom is -0.494 e. The third kappa shape index (κ3) is 2.86. The third-order valence-corrected chi connectivity index (χ3v) is 4.20. The van der Waals surface area contributed by atoms with Gasteiger partial charge >= 0.3 is 5.97 Å². The number of aromatic nitrogens is 1. The van der Waals surface area contributed by atoms with Gasteiger partial charge in [0.05, 0.1) is 18.2 Å². The molecule has 5 heteroatoms. The maximum absolute atomic E-state index is 12.7. The molecule has 0 fully saturated rings. The van der Waals surface area contributed by atoms with Crippen LogP contribution in [0, 0.1) is 0 Å². The van der Waals surface area contributed by atoms with E-state index in [1.807, 2.05) is 11.5 Å². The minimum atomic E-state index is -0.830.